The van der Waals surface area contributed by atoms with Crippen LogP contribution in [0.5, 0.6) is 0 Å². The monoisotopic (exact) mass is 390 g/mol. The Morgan fingerprint density at radius 2 is 1.95 bits per heavy atom. The third-order valence-corrected chi connectivity index (χ3v) is 6.83. The van der Waals surface area contributed by atoms with Gasteiger partial charge in [0.2, 0.25) is 0 Å². The first-order chi connectivity index (χ1) is 9.44. The number of thiazole rings is 1. The van der Waals surface area contributed by atoms with Gasteiger partial charge in [0.15, 0.2) is 0 Å². The fourth-order valence-corrected chi connectivity index (χ4v) is 5.49. The van der Waals surface area contributed by atoms with Crippen molar-refractivity contribution in [2.45, 2.75) is 4.21 Å². The lowest BCUT2D eigenvalue weighted by molar-refractivity contribution is 0.603. The minimum Gasteiger partial charge on any atom is -0.312 e. The second-order valence-electron chi connectivity index (χ2n) is 3.89. The van der Waals surface area contributed by atoms with Crippen LogP contribution >= 0.6 is 38.6 Å². The molecule has 0 saturated carbocycles. The Labute approximate surface area is 130 Å². The number of fused-ring (bicyclic) bond motifs is 1. The average Bonchev–Trinajstić information content (AvgIpc) is 2.93. The summed E-state index contributed by atoms with van der Waals surface area (Å²) < 4.78 is 28.5. The number of hydrogen-bond acceptors (Lipinski definition) is 5. The third-order valence-electron chi connectivity index (χ3n) is 2.49. The van der Waals surface area contributed by atoms with Gasteiger partial charge in [-0.05, 0) is 46.3 Å². The number of benzene rings is 1. The van der Waals surface area contributed by atoms with E-state index < -0.39 is 10.0 Å². The van der Waals surface area contributed by atoms with Crippen molar-refractivity contribution in [3.63, 3.8) is 0 Å². The Kier molecular flexibility index (Phi) is 3.44. The van der Waals surface area contributed by atoms with Crippen molar-refractivity contribution >= 4 is 64.5 Å². The maximum atomic E-state index is 12.2. The summed E-state index contributed by atoms with van der Waals surface area (Å²) in [7, 11) is -3.60. The molecule has 0 amide bonds. The molecule has 5 nitrogen and oxygen atoms in total. The summed E-state index contributed by atoms with van der Waals surface area (Å²) in [4.78, 5) is 13.7. The van der Waals surface area contributed by atoms with E-state index in [1.54, 1.807) is 24.3 Å². The van der Waals surface area contributed by atoms with E-state index in [0.717, 1.165) is 26.5 Å². The molecule has 0 aliphatic carbocycles. The van der Waals surface area contributed by atoms with E-state index >= 15 is 0 Å². The van der Waals surface area contributed by atoms with Crippen LogP contribution < -0.4 is 9.60 Å². The molecule has 0 atom stereocenters. The highest BCUT2D eigenvalue weighted by Gasteiger charge is 2.16. The fraction of sp³-hybridized carbons (Fsp3) is 0. The molecule has 9 heteroatoms. The van der Waals surface area contributed by atoms with Gasteiger partial charge in [0, 0.05) is 0 Å². The van der Waals surface area contributed by atoms with Gasteiger partial charge in [-0.1, -0.05) is 11.3 Å². The lowest BCUT2D eigenvalue weighted by Gasteiger charge is -2.05. The molecule has 2 N–H and O–H groups in total. The van der Waals surface area contributed by atoms with Gasteiger partial charge in [-0.25, -0.2) is 8.42 Å². The van der Waals surface area contributed by atoms with Gasteiger partial charge in [0.05, 0.1) is 19.7 Å². The highest BCUT2D eigenvalue weighted by Crippen LogP contribution is 2.28. The summed E-state index contributed by atoms with van der Waals surface area (Å²) in [6.45, 7) is 0. The number of H-pyrrole nitrogens is 1. The molecule has 0 radical (unpaired) electrons. The normalized spacial score (nSPS) is 11.8. The molecule has 1 aromatic carbocycles. The molecule has 0 bridgehead atoms. The number of rotatable bonds is 3. The number of sulfonamides is 1. The minimum atomic E-state index is -3.60. The molecule has 0 unspecified atom stereocenters. The number of nitrogens with one attached hydrogen (secondary N) is 2. The quantitative estimate of drug-likeness (QED) is 0.720. The topological polar surface area (TPSA) is 79.0 Å². The van der Waals surface area contributed by atoms with E-state index in [1.807, 2.05) is 0 Å². The Morgan fingerprint density at radius 3 is 2.65 bits per heavy atom. The third kappa shape index (κ3) is 2.66. The molecular formula is C11H7BrN2O3S3. The molecule has 0 spiro atoms. The van der Waals surface area contributed by atoms with Crippen LogP contribution in [0, 0.1) is 0 Å². The lowest BCUT2D eigenvalue weighted by atomic mass is 10.3. The Hall–Kier alpha value is -1.16. The molecular weight excluding hydrogens is 384 g/mol. The second kappa shape index (κ2) is 4.99. The number of aromatic nitrogens is 1. The van der Waals surface area contributed by atoms with Crippen molar-refractivity contribution in [2.24, 2.45) is 0 Å². The molecule has 2 aromatic heterocycles. The largest absolute Gasteiger partial charge is 0.312 e. The SMILES string of the molecule is O=c1[nH]c2ccc(NS(=O)(=O)c3ccc(Br)s3)cc2s1. The van der Waals surface area contributed by atoms with Crippen LogP contribution in [0.2, 0.25) is 0 Å². The Balaban J connectivity index is 1.98. The van der Waals surface area contributed by atoms with Crippen LogP contribution in [0.4, 0.5) is 5.69 Å². The lowest BCUT2D eigenvalue weighted by Crippen LogP contribution is -2.11. The van der Waals surface area contributed by atoms with Crippen molar-refractivity contribution < 1.29 is 8.42 Å². The average molecular weight is 391 g/mol. The zero-order valence-electron chi connectivity index (χ0n) is 9.71. The highest BCUT2D eigenvalue weighted by atomic mass is 79.9. The first-order valence-corrected chi connectivity index (χ1v) is 9.26. The van der Waals surface area contributed by atoms with Crippen LogP contribution in [0.25, 0.3) is 10.2 Å². The van der Waals surface area contributed by atoms with Gasteiger partial charge in [-0.3, -0.25) is 9.52 Å². The summed E-state index contributed by atoms with van der Waals surface area (Å²) >= 11 is 5.41. The predicted molar refractivity (Wildman–Crippen MR) is 85.3 cm³/mol. The molecule has 2 heterocycles. The summed E-state index contributed by atoms with van der Waals surface area (Å²) in [6.07, 6.45) is 0. The van der Waals surface area contributed by atoms with Crippen molar-refractivity contribution in [1.82, 2.24) is 4.98 Å². The van der Waals surface area contributed by atoms with Gasteiger partial charge in [0.25, 0.3) is 10.0 Å². The van der Waals surface area contributed by atoms with Gasteiger partial charge in [-0.2, -0.15) is 0 Å². The summed E-state index contributed by atoms with van der Waals surface area (Å²) in [5.74, 6) is 0. The Morgan fingerprint density at radius 1 is 1.15 bits per heavy atom. The summed E-state index contributed by atoms with van der Waals surface area (Å²) in [6, 6.07) is 8.14. The van der Waals surface area contributed by atoms with Crippen molar-refractivity contribution in [3.8, 4) is 0 Å². The molecule has 0 fully saturated rings. The van der Waals surface area contributed by atoms with Crippen LogP contribution in [0.3, 0.4) is 0 Å². The second-order valence-corrected chi connectivity index (χ2v) is 9.28. The first kappa shape index (κ1) is 13.8. The standard InChI is InChI=1S/C11H7BrN2O3S3/c12-9-3-4-10(19-9)20(16,17)14-6-1-2-7-8(5-6)18-11(15)13-7/h1-5,14H,(H,13,15). The number of anilines is 1. The zero-order valence-corrected chi connectivity index (χ0v) is 13.7. The van der Waals surface area contributed by atoms with E-state index in [9.17, 15) is 13.2 Å². The van der Waals surface area contributed by atoms with Gasteiger partial charge in [-0.15, -0.1) is 11.3 Å². The smallest absolute Gasteiger partial charge is 0.305 e. The van der Waals surface area contributed by atoms with Crippen LogP contribution in [0.15, 0.2) is 43.1 Å². The number of aromatic amines is 1. The van der Waals surface area contributed by atoms with Gasteiger partial charge >= 0.3 is 4.87 Å². The maximum absolute atomic E-state index is 12.2. The number of thiophene rings is 1. The van der Waals surface area contributed by atoms with Crippen molar-refractivity contribution in [3.05, 3.63) is 43.8 Å². The maximum Gasteiger partial charge on any atom is 0.305 e. The van der Waals surface area contributed by atoms with E-state index in [1.165, 1.54) is 6.07 Å². The molecule has 0 aliphatic rings. The van der Waals surface area contributed by atoms with Gasteiger partial charge < -0.3 is 4.98 Å². The van der Waals surface area contributed by atoms with Crippen molar-refractivity contribution in [1.29, 1.82) is 0 Å². The Bertz CT molecular complexity index is 939. The van der Waals surface area contributed by atoms with Crippen molar-refractivity contribution in [2.75, 3.05) is 4.72 Å². The molecule has 0 aliphatic heterocycles. The first-order valence-electron chi connectivity index (χ1n) is 5.35. The van der Waals surface area contributed by atoms with E-state index in [-0.39, 0.29) is 9.08 Å². The number of hydrogen-bond donors (Lipinski definition) is 2. The fourth-order valence-electron chi connectivity index (χ4n) is 1.66. The van der Waals surface area contributed by atoms with E-state index in [4.69, 9.17) is 0 Å². The number of halogens is 1. The van der Waals surface area contributed by atoms with E-state index in [2.05, 4.69) is 25.6 Å². The molecule has 0 saturated heterocycles. The molecule has 104 valence electrons. The summed E-state index contributed by atoms with van der Waals surface area (Å²) in [5, 5.41) is 0. The van der Waals surface area contributed by atoms with Gasteiger partial charge in [0.1, 0.15) is 4.21 Å². The van der Waals surface area contributed by atoms with Crippen LogP contribution in [-0.4, -0.2) is 13.4 Å². The zero-order chi connectivity index (χ0) is 14.3. The predicted octanol–water partition coefficient (Wildman–Crippen LogP) is 3.21. The summed E-state index contributed by atoms with van der Waals surface area (Å²) in [5.41, 5.74) is 1.12. The van der Waals surface area contributed by atoms with Crippen LogP contribution in [-0.2, 0) is 10.0 Å². The molecule has 3 aromatic rings. The highest BCUT2D eigenvalue weighted by molar-refractivity contribution is 9.11. The molecule has 20 heavy (non-hydrogen) atoms. The van der Waals surface area contributed by atoms with E-state index in [0.29, 0.717) is 15.9 Å². The molecule has 3 rings (SSSR count). The minimum absolute atomic E-state index is 0.165. The van der Waals surface area contributed by atoms with Crippen LogP contribution in [0.1, 0.15) is 0 Å².